The summed E-state index contributed by atoms with van der Waals surface area (Å²) < 4.78 is 11.0. The zero-order valence-electron chi connectivity index (χ0n) is 15.8. The maximum Gasteiger partial charge on any atom is 0.374 e. The van der Waals surface area contributed by atoms with Gasteiger partial charge in [-0.2, -0.15) is 0 Å². The highest BCUT2D eigenvalue weighted by molar-refractivity contribution is 6.04. The lowest BCUT2D eigenvalue weighted by Gasteiger charge is -2.07. The number of carbonyl (C=O) groups excluding carboxylic acids is 2. The molecule has 1 heterocycles. The number of aryl methyl sites for hydroxylation is 1. The molecule has 1 aromatic heterocycles. The standard InChI is InChI=1S/C24H19NO4/c1-16-20-9-5-6-10-21(20)29-22(16)24(27)28-15-17-11-13-18(14-12-17)23(26)25-19-7-3-2-4-8-19/h2-14H,15H2,1H3,(H,25,26). The highest BCUT2D eigenvalue weighted by Gasteiger charge is 2.18. The molecule has 29 heavy (non-hydrogen) atoms. The number of rotatable bonds is 5. The molecule has 144 valence electrons. The third-order valence-corrected chi connectivity index (χ3v) is 4.65. The van der Waals surface area contributed by atoms with Crippen LogP contribution in [-0.4, -0.2) is 11.9 Å². The third-order valence-electron chi connectivity index (χ3n) is 4.65. The molecule has 0 atom stereocenters. The van der Waals surface area contributed by atoms with Crippen LogP contribution in [0, 0.1) is 6.92 Å². The predicted octanol–water partition coefficient (Wildman–Crippen LogP) is 5.35. The average molecular weight is 385 g/mol. The number of nitrogens with one attached hydrogen (secondary N) is 1. The van der Waals surface area contributed by atoms with Crippen molar-refractivity contribution in [3.05, 3.63) is 101 Å². The van der Waals surface area contributed by atoms with Crippen molar-refractivity contribution in [2.45, 2.75) is 13.5 Å². The van der Waals surface area contributed by atoms with E-state index in [9.17, 15) is 9.59 Å². The molecule has 0 fully saturated rings. The lowest BCUT2D eigenvalue weighted by atomic mass is 10.1. The van der Waals surface area contributed by atoms with Crippen LogP contribution in [0.1, 0.15) is 32.0 Å². The minimum absolute atomic E-state index is 0.0932. The van der Waals surface area contributed by atoms with E-state index in [-0.39, 0.29) is 18.3 Å². The van der Waals surface area contributed by atoms with Crippen LogP contribution in [0.2, 0.25) is 0 Å². The molecule has 1 N–H and O–H groups in total. The fourth-order valence-electron chi connectivity index (χ4n) is 3.06. The number of para-hydroxylation sites is 2. The van der Waals surface area contributed by atoms with Gasteiger partial charge in [0.15, 0.2) is 0 Å². The quantitative estimate of drug-likeness (QED) is 0.470. The van der Waals surface area contributed by atoms with Gasteiger partial charge in [-0.05, 0) is 42.8 Å². The van der Waals surface area contributed by atoms with Crippen LogP contribution in [0.5, 0.6) is 0 Å². The van der Waals surface area contributed by atoms with Crippen LogP contribution in [0.25, 0.3) is 11.0 Å². The lowest BCUT2D eigenvalue weighted by molar-refractivity contribution is 0.0437. The zero-order valence-corrected chi connectivity index (χ0v) is 15.8. The monoisotopic (exact) mass is 385 g/mol. The Hall–Kier alpha value is -3.86. The van der Waals surface area contributed by atoms with Gasteiger partial charge in [-0.1, -0.05) is 48.5 Å². The Kier molecular flexibility index (Phi) is 5.12. The Morgan fingerprint density at radius 1 is 0.897 bits per heavy atom. The largest absolute Gasteiger partial charge is 0.455 e. The van der Waals surface area contributed by atoms with Crippen molar-refractivity contribution in [2.24, 2.45) is 0 Å². The van der Waals surface area contributed by atoms with E-state index in [0.29, 0.717) is 11.1 Å². The van der Waals surface area contributed by atoms with Crippen LogP contribution >= 0.6 is 0 Å². The molecule has 5 nitrogen and oxygen atoms in total. The molecule has 0 aliphatic rings. The predicted molar refractivity (Wildman–Crippen MR) is 111 cm³/mol. The molecular weight excluding hydrogens is 366 g/mol. The Morgan fingerprint density at radius 3 is 2.31 bits per heavy atom. The van der Waals surface area contributed by atoms with Crippen LogP contribution in [-0.2, 0) is 11.3 Å². The second-order valence-electron chi connectivity index (χ2n) is 6.65. The van der Waals surface area contributed by atoms with Gasteiger partial charge in [-0.25, -0.2) is 4.79 Å². The van der Waals surface area contributed by atoms with Crippen molar-refractivity contribution in [3.8, 4) is 0 Å². The Balaban J connectivity index is 1.39. The summed E-state index contributed by atoms with van der Waals surface area (Å²) in [5, 5.41) is 3.73. The van der Waals surface area contributed by atoms with Gasteiger partial charge >= 0.3 is 5.97 Å². The molecule has 0 unspecified atom stereocenters. The second kappa shape index (κ2) is 8.02. The summed E-state index contributed by atoms with van der Waals surface area (Å²) in [4.78, 5) is 24.7. The lowest BCUT2D eigenvalue weighted by Crippen LogP contribution is -2.12. The maximum atomic E-state index is 12.4. The van der Waals surface area contributed by atoms with Crippen molar-refractivity contribution < 1.29 is 18.7 Å². The van der Waals surface area contributed by atoms with Crippen molar-refractivity contribution in [2.75, 3.05) is 5.32 Å². The van der Waals surface area contributed by atoms with Crippen LogP contribution in [0.4, 0.5) is 5.69 Å². The fraction of sp³-hybridized carbons (Fsp3) is 0.0833. The molecule has 3 aromatic carbocycles. The van der Waals surface area contributed by atoms with E-state index in [1.54, 1.807) is 24.3 Å². The van der Waals surface area contributed by atoms with E-state index >= 15 is 0 Å². The molecule has 0 spiro atoms. The number of benzene rings is 3. The molecule has 5 heteroatoms. The van der Waals surface area contributed by atoms with E-state index in [4.69, 9.17) is 9.15 Å². The summed E-state index contributed by atoms with van der Waals surface area (Å²) in [6, 6.07) is 23.7. The van der Waals surface area contributed by atoms with Crippen LogP contribution < -0.4 is 5.32 Å². The van der Waals surface area contributed by atoms with Crippen molar-refractivity contribution in [1.82, 2.24) is 0 Å². The Morgan fingerprint density at radius 2 is 1.59 bits per heavy atom. The summed E-state index contributed by atoms with van der Waals surface area (Å²) >= 11 is 0. The molecule has 4 rings (SSSR count). The van der Waals surface area contributed by atoms with Gasteiger partial charge in [-0.3, -0.25) is 4.79 Å². The molecule has 0 aliphatic carbocycles. The van der Waals surface area contributed by atoms with Gasteiger partial charge in [0.2, 0.25) is 5.76 Å². The van der Waals surface area contributed by atoms with Crippen molar-refractivity contribution >= 4 is 28.5 Å². The van der Waals surface area contributed by atoms with Gasteiger partial charge < -0.3 is 14.5 Å². The van der Waals surface area contributed by atoms with Gasteiger partial charge in [0.1, 0.15) is 12.2 Å². The number of fused-ring (bicyclic) bond motifs is 1. The first-order chi connectivity index (χ1) is 14.1. The topological polar surface area (TPSA) is 68.5 Å². The summed E-state index contributed by atoms with van der Waals surface area (Å²) in [5.41, 5.74) is 3.46. The van der Waals surface area contributed by atoms with Gasteiger partial charge in [0, 0.05) is 22.2 Å². The molecule has 0 saturated heterocycles. The summed E-state index contributed by atoms with van der Waals surface area (Å²) in [6.07, 6.45) is 0. The smallest absolute Gasteiger partial charge is 0.374 e. The highest BCUT2D eigenvalue weighted by atomic mass is 16.5. The first-order valence-corrected chi connectivity index (χ1v) is 9.22. The number of hydrogen-bond acceptors (Lipinski definition) is 4. The maximum absolute atomic E-state index is 12.4. The van der Waals surface area contributed by atoms with Gasteiger partial charge in [0.05, 0.1) is 0 Å². The highest BCUT2D eigenvalue weighted by Crippen LogP contribution is 2.25. The fourth-order valence-corrected chi connectivity index (χ4v) is 3.06. The van der Waals surface area contributed by atoms with Crippen molar-refractivity contribution in [1.29, 1.82) is 0 Å². The van der Waals surface area contributed by atoms with Crippen LogP contribution in [0.3, 0.4) is 0 Å². The van der Waals surface area contributed by atoms with E-state index < -0.39 is 5.97 Å². The molecular formula is C24H19NO4. The minimum Gasteiger partial charge on any atom is -0.455 e. The van der Waals surface area contributed by atoms with E-state index in [2.05, 4.69) is 5.32 Å². The van der Waals surface area contributed by atoms with Gasteiger partial charge in [0.25, 0.3) is 5.91 Å². The molecule has 0 aliphatic heterocycles. The number of anilines is 1. The number of carbonyl (C=O) groups is 2. The normalized spacial score (nSPS) is 10.7. The third kappa shape index (κ3) is 4.04. The minimum atomic E-state index is -0.510. The number of hydrogen-bond donors (Lipinski definition) is 1. The molecule has 1 amide bonds. The number of esters is 1. The van der Waals surface area contributed by atoms with Gasteiger partial charge in [-0.15, -0.1) is 0 Å². The Bertz CT molecular complexity index is 1160. The zero-order chi connectivity index (χ0) is 20.2. The van der Waals surface area contributed by atoms with Crippen molar-refractivity contribution in [3.63, 3.8) is 0 Å². The molecule has 0 radical (unpaired) electrons. The van der Waals surface area contributed by atoms with E-state index in [0.717, 1.165) is 22.2 Å². The first kappa shape index (κ1) is 18.5. The summed E-state index contributed by atoms with van der Waals surface area (Å²) in [5.74, 6) is -0.493. The number of furan rings is 1. The SMILES string of the molecule is Cc1c(C(=O)OCc2ccc(C(=O)Nc3ccccc3)cc2)oc2ccccc12. The van der Waals surface area contributed by atoms with E-state index in [1.165, 1.54) is 0 Å². The average Bonchev–Trinajstić information content (AvgIpc) is 3.10. The van der Waals surface area contributed by atoms with Crippen LogP contribution in [0.15, 0.2) is 83.3 Å². The summed E-state index contributed by atoms with van der Waals surface area (Å²) in [7, 11) is 0. The summed E-state index contributed by atoms with van der Waals surface area (Å²) in [6.45, 7) is 1.93. The molecule has 0 saturated carbocycles. The molecule has 0 bridgehead atoms. The first-order valence-electron chi connectivity index (χ1n) is 9.22. The Labute approximate surface area is 167 Å². The molecule has 4 aromatic rings. The second-order valence-corrected chi connectivity index (χ2v) is 6.65. The van der Waals surface area contributed by atoms with E-state index in [1.807, 2.05) is 61.5 Å². The number of amides is 1. The number of ether oxygens (including phenoxy) is 1.